The largest absolute Gasteiger partial charge is 0.130 e. The maximum atomic E-state index is 3.71. The third kappa shape index (κ3) is 5.94. The van der Waals surface area contributed by atoms with Crippen molar-refractivity contribution >= 4 is 0 Å². The number of rotatable bonds is 4. The summed E-state index contributed by atoms with van der Waals surface area (Å²) in [4.78, 5) is 0. The van der Waals surface area contributed by atoms with Crippen LogP contribution in [0.15, 0.2) is 17.9 Å². The fourth-order valence-corrected chi connectivity index (χ4v) is 1.21. The molecule has 0 heteroatoms. The second-order valence-corrected chi connectivity index (χ2v) is 3.98. The van der Waals surface area contributed by atoms with Crippen molar-refractivity contribution in [3.8, 4) is 0 Å². The fourth-order valence-electron chi connectivity index (χ4n) is 1.21. The first-order valence-electron chi connectivity index (χ1n) is 4.44. The number of hydrogen-bond acceptors (Lipinski definition) is 0. The van der Waals surface area contributed by atoms with E-state index in [2.05, 4.69) is 40.0 Å². The van der Waals surface area contributed by atoms with E-state index in [0.29, 0.717) is 0 Å². The average molecular weight is 152 g/mol. The van der Waals surface area contributed by atoms with Crippen molar-refractivity contribution in [2.24, 2.45) is 11.8 Å². The topological polar surface area (TPSA) is 0 Å². The highest BCUT2D eigenvalue weighted by molar-refractivity contribution is 5.00. The van der Waals surface area contributed by atoms with Crippen LogP contribution >= 0.6 is 0 Å². The van der Waals surface area contributed by atoms with Gasteiger partial charge in [-0.15, -0.1) is 5.73 Å². The summed E-state index contributed by atoms with van der Waals surface area (Å²) in [5.74, 6) is 1.47. The van der Waals surface area contributed by atoms with Gasteiger partial charge in [0.05, 0.1) is 0 Å². The van der Waals surface area contributed by atoms with Gasteiger partial charge in [0.2, 0.25) is 0 Å². The van der Waals surface area contributed by atoms with Crippen molar-refractivity contribution in [2.45, 2.75) is 40.5 Å². The lowest BCUT2D eigenvalue weighted by Gasteiger charge is -2.09. The van der Waals surface area contributed by atoms with E-state index in [1.165, 1.54) is 5.57 Å². The van der Waals surface area contributed by atoms with Crippen LogP contribution in [0.4, 0.5) is 0 Å². The van der Waals surface area contributed by atoms with E-state index in [9.17, 15) is 0 Å². The van der Waals surface area contributed by atoms with E-state index in [4.69, 9.17) is 0 Å². The van der Waals surface area contributed by atoms with Gasteiger partial charge in [-0.25, -0.2) is 0 Å². The summed E-state index contributed by atoms with van der Waals surface area (Å²) in [6.45, 7) is 12.6. The minimum absolute atomic E-state index is 0.734. The van der Waals surface area contributed by atoms with Crippen LogP contribution in [-0.2, 0) is 0 Å². The molecule has 0 saturated carbocycles. The maximum absolute atomic E-state index is 3.71. The minimum atomic E-state index is 0.734. The van der Waals surface area contributed by atoms with E-state index in [0.717, 1.165) is 24.7 Å². The zero-order valence-electron chi connectivity index (χ0n) is 8.28. The molecule has 11 heavy (non-hydrogen) atoms. The Labute approximate surface area is 71.0 Å². The molecule has 0 aromatic carbocycles. The van der Waals surface area contributed by atoms with E-state index >= 15 is 0 Å². The molecule has 0 amide bonds. The summed E-state index contributed by atoms with van der Waals surface area (Å²) in [5, 5.41) is 0. The summed E-state index contributed by atoms with van der Waals surface area (Å²) in [6, 6.07) is 0. The quantitative estimate of drug-likeness (QED) is 0.538. The summed E-state index contributed by atoms with van der Waals surface area (Å²) in [5.41, 5.74) is 4.42. The second kappa shape index (κ2) is 5.21. The molecule has 0 radical (unpaired) electrons. The summed E-state index contributed by atoms with van der Waals surface area (Å²) in [6.07, 6.45) is 2.31. The lowest BCUT2D eigenvalue weighted by molar-refractivity contribution is 0.572. The Morgan fingerprint density at radius 2 is 1.45 bits per heavy atom. The van der Waals surface area contributed by atoms with Gasteiger partial charge < -0.3 is 0 Å². The number of allylic oxidation sites excluding steroid dienone is 1. The Morgan fingerprint density at radius 3 is 1.64 bits per heavy atom. The predicted octanol–water partition coefficient (Wildman–Crippen LogP) is 3.79. The SMILES string of the molecule is C=C=C(CC(C)C)CC(C)C. The lowest BCUT2D eigenvalue weighted by atomic mass is 9.96. The van der Waals surface area contributed by atoms with Crippen LogP contribution in [0.25, 0.3) is 0 Å². The van der Waals surface area contributed by atoms with Gasteiger partial charge in [-0.3, -0.25) is 0 Å². The smallest absolute Gasteiger partial charge is 0.0221 e. The van der Waals surface area contributed by atoms with Crippen molar-refractivity contribution in [3.05, 3.63) is 17.9 Å². The highest BCUT2D eigenvalue weighted by atomic mass is 14.1. The van der Waals surface area contributed by atoms with Gasteiger partial charge in [0.25, 0.3) is 0 Å². The summed E-state index contributed by atoms with van der Waals surface area (Å²) < 4.78 is 0. The molecule has 0 spiro atoms. The average Bonchev–Trinajstić information content (AvgIpc) is 1.84. The Kier molecular flexibility index (Phi) is 4.98. The second-order valence-electron chi connectivity index (χ2n) is 3.98. The predicted molar refractivity (Wildman–Crippen MR) is 51.6 cm³/mol. The molecule has 0 N–H and O–H groups in total. The van der Waals surface area contributed by atoms with E-state index in [1.54, 1.807) is 0 Å². The molecule has 0 aliphatic carbocycles. The van der Waals surface area contributed by atoms with Crippen molar-refractivity contribution in [1.82, 2.24) is 0 Å². The van der Waals surface area contributed by atoms with Gasteiger partial charge in [0, 0.05) is 0 Å². The Morgan fingerprint density at radius 1 is 1.09 bits per heavy atom. The minimum Gasteiger partial charge on any atom is -0.130 e. The first kappa shape index (κ1) is 10.5. The van der Waals surface area contributed by atoms with Crippen LogP contribution in [0.5, 0.6) is 0 Å². The van der Waals surface area contributed by atoms with Gasteiger partial charge in [-0.2, -0.15) is 0 Å². The van der Waals surface area contributed by atoms with Crippen LogP contribution in [0.2, 0.25) is 0 Å². The highest BCUT2D eigenvalue weighted by Crippen LogP contribution is 2.17. The fraction of sp³-hybridized carbons (Fsp3) is 0.727. The molecule has 0 unspecified atom stereocenters. The van der Waals surface area contributed by atoms with Gasteiger partial charge in [-0.1, -0.05) is 34.3 Å². The molecule has 0 aliphatic heterocycles. The van der Waals surface area contributed by atoms with Crippen LogP contribution < -0.4 is 0 Å². The normalized spacial score (nSPS) is 10.4. The van der Waals surface area contributed by atoms with E-state index < -0.39 is 0 Å². The lowest BCUT2D eigenvalue weighted by Crippen LogP contribution is -1.95. The third-order valence-corrected chi connectivity index (χ3v) is 1.56. The first-order valence-corrected chi connectivity index (χ1v) is 4.44. The maximum Gasteiger partial charge on any atom is -0.0221 e. The van der Waals surface area contributed by atoms with Crippen molar-refractivity contribution in [1.29, 1.82) is 0 Å². The molecule has 0 aliphatic rings. The van der Waals surface area contributed by atoms with E-state index in [1.807, 2.05) is 0 Å². The van der Waals surface area contributed by atoms with Crippen molar-refractivity contribution in [3.63, 3.8) is 0 Å². The molecule has 0 fully saturated rings. The molecule has 0 saturated heterocycles. The van der Waals surface area contributed by atoms with Gasteiger partial charge >= 0.3 is 0 Å². The molecule has 0 nitrogen and oxygen atoms in total. The zero-order valence-corrected chi connectivity index (χ0v) is 8.28. The molecule has 0 atom stereocenters. The van der Waals surface area contributed by atoms with Crippen LogP contribution in [0.3, 0.4) is 0 Å². The van der Waals surface area contributed by atoms with E-state index in [-0.39, 0.29) is 0 Å². The summed E-state index contributed by atoms with van der Waals surface area (Å²) in [7, 11) is 0. The van der Waals surface area contributed by atoms with Crippen LogP contribution in [0, 0.1) is 11.8 Å². The molecule has 0 aromatic heterocycles. The van der Waals surface area contributed by atoms with Crippen LogP contribution in [0.1, 0.15) is 40.5 Å². The number of hydrogen-bond donors (Lipinski definition) is 0. The van der Waals surface area contributed by atoms with Gasteiger partial charge in [0.1, 0.15) is 0 Å². The third-order valence-electron chi connectivity index (χ3n) is 1.56. The monoisotopic (exact) mass is 152 g/mol. The zero-order chi connectivity index (χ0) is 8.85. The Hall–Kier alpha value is -0.480. The molecule has 0 aromatic rings. The molecule has 64 valence electrons. The first-order chi connectivity index (χ1) is 5.06. The van der Waals surface area contributed by atoms with Crippen LogP contribution in [-0.4, -0.2) is 0 Å². The van der Waals surface area contributed by atoms with Crippen molar-refractivity contribution < 1.29 is 0 Å². The highest BCUT2D eigenvalue weighted by Gasteiger charge is 2.02. The van der Waals surface area contributed by atoms with Gasteiger partial charge in [0.15, 0.2) is 0 Å². The Bertz CT molecular complexity index is 133. The summed E-state index contributed by atoms with van der Waals surface area (Å²) >= 11 is 0. The van der Waals surface area contributed by atoms with Gasteiger partial charge in [-0.05, 0) is 30.3 Å². The molecule has 0 rings (SSSR count). The molecule has 0 heterocycles. The Balaban J connectivity index is 3.89. The molecular weight excluding hydrogens is 132 g/mol. The standard InChI is InChI=1S/C11H20/c1-6-11(7-9(2)3)8-10(4)5/h9-10H,1,7-8H2,2-5H3. The molecule has 0 bridgehead atoms. The molecular formula is C11H20. The van der Waals surface area contributed by atoms with Crippen molar-refractivity contribution in [2.75, 3.05) is 0 Å².